The molecule has 5 saturated heterocycles. The standard InChI is InChI=1S/C57H94O27S/c1-22(2)11-14-35(58)57(9,69)34-13-12-29-28-20-32(31-19-27(84-85(70,71)72)15-17-55(31,7)30(28)16-18-56(29,34)8)79-51-45(68)47(39(62)26(6)76-51)81-53-48(82-52-44(67)46(73-10)38(61)25(5)77-52)40(63)33(21-74-53)80-54-49(42(65)37(60)24(4)78-54)83-50-43(66)41(64)36(59)23(3)75-50/h16,22-29,31-34,36-54,59-69H,11-15,17-21H2,1-10H3,(H,70,71,72)/t23-,24-,25-,26-,27+,28+,29+,31-,32+,33-,34+,36+,37-,38-,39-,40+,41+,42+,43-,44-,45-,46+,47+,48-,49-,50+,51+,52+,53+,54+,55-,56+,57-/m1/s1. The Hall–Kier alpha value is -1.60. The molecule has 0 aromatic carbocycles. The third-order valence-corrected chi connectivity index (χ3v) is 21.3. The van der Waals surface area contributed by atoms with E-state index >= 15 is 0 Å². The van der Waals surface area contributed by atoms with Gasteiger partial charge in [0.2, 0.25) is 0 Å². The van der Waals surface area contributed by atoms with Crippen molar-refractivity contribution in [3.63, 3.8) is 0 Å². The molecular weight excluding hydrogens is 1150 g/mol. The number of Topliss-reactive ketones (excluding diaryl/α,β-unsaturated/α-hetero) is 1. The van der Waals surface area contributed by atoms with Gasteiger partial charge in [0.1, 0.15) is 97.2 Å². The number of fused-ring (bicyclic) bond motifs is 5. The molecule has 0 radical (unpaired) electrons. The summed E-state index contributed by atoms with van der Waals surface area (Å²) in [5.74, 6) is -0.970. The van der Waals surface area contributed by atoms with Crippen molar-refractivity contribution >= 4 is 16.2 Å². The summed E-state index contributed by atoms with van der Waals surface area (Å²) in [5, 5.41) is 125. The summed E-state index contributed by atoms with van der Waals surface area (Å²) >= 11 is 0. The Morgan fingerprint density at radius 3 is 1.78 bits per heavy atom. The molecule has 9 rings (SSSR count). The number of ketones is 1. The minimum atomic E-state index is -4.87. The first-order valence-electron chi connectivity index (χ1n) is 30.2. The number of methoxy groups -OCH3 is 1. The maximum Gasteiger partial charge on any atom is 0.397 e. The first-order valence-corrected chi connectivity index (χ1v) is 31.5. The number of rotatable bonds is 18. The largest absolute Gasteiger partial charge is 0.397 e. The Morgan fingerprint density at radius 1 is 0.635 bits per heavy atom. The quantitative estimate of drug-likeness (QED) is 0.0579. The zero-order valence-corrected chi connectivity index (χ0v) is 50.8. The second-order valence-electron chi connectivity index (χ2n) is 26.7. The fraction of sp³-hybridized carbons (Fsp3) is 0.947. The molecule has 33 atom stereocenters. The molecule has 28 heteroatoms. The SMILES string of the molecule is CO[C@@H]1[C@@H](O)[C@H](O[C@H]2[C@H](O[C@@H]3[C@@H](O)[C@H](O[C@H]4C[C@@H]5C(=CC[C@@]6(C)[C@H]5CC[C@@H]6[C@@](C)(O)C(=O)CCC(C)C)[C@@]5(C)CC[C@H](OS(=O)(=O)O)C[C@H]45)O[C@H](C)[C@H]3O)OC[C@@H](O[C@@H]3O[C@H](C)[C@@H](O)[C@H](O)[C@H]3O[C@@H]3O[C@H](C)[C@H](O)[C@H](O)[C@H]3O)[C@@H]2O)O[C@H](C)[C@H]1O. The smallest absolute Gasteiger partial charge is 0.388 e. The van der Waals surface area contributed by atoms with Crippen molar-refractivity contribution in [2.45, 2.75) is 285 Å². The van der Waals surface area contributed by atoms with Crippen LogP contribution in [0.15, 0.2) is 11.6 Å². The number of carbonyl (C=O) groups excluding carboxylic acids is 1. The van der Waals surface area contributed by atoms with Crippen LogP contribution >= 0.6 is 0 Å². The van der Waals surface area contributed by atoms with E-state index in [2.05, 4.69) is 19.9 Å². The Bertz CT molecular complexity index is 2420. The molecule has 0 bridgehead atoms. The molecule has 12 N–H and O–H groups in total. The molecule has 490 valence electrons. The van der Waals surface area contributed by atoms with Crippen LogP contribution in [0.25, 0.3) is 0 Å². The molecule has 85 heavy (non-hydrogen) atoms. The second kappa shape index (κ2) is 26.2. The van der Waals surface area contributed by atoms with Crippen molar-refractivity contribution in [1.82, 2.24) is 0 Å². The van der Waals surface area contributed by atoms with E-state index in [0.717, 1.165) is 5.57 Å². The molecular formula is C57H94O27S. The average molecular weight is 1240 g/mol. The molecule has 5 aliphatic heterocycles. The van der Waals surface area contributed by atoms with Gasteiger partial charge in [-0.05, 0) is 120 Å². The van der Waals surface area contributed by atoms with E-state index in [9.17, 15) is 73.9 Å². The summed E-state index contributed by atoms with van der Waals surface area (Å²) in [6.07, 6.45) is -33.2. The Morgan fingerprint density at radius 2 is 1.16 bits per heavy atom. The van der Waals surface area contributed by atoms with Gasteiger partial charge in [-0.2, -0.15) is 8.42 Å². The van der Waals surface area contributed by atoms with Crippen molar-refractivity contribution in [1.29, 1.82) is 0 Å². The molecule has 27 nitrogen and oxygen atoms in total. The maximum absolute atomic E-state index is 13.8. The van der Waals surface area contributed by atoms with Crippen LogP contribution in [0.4, 0.5) is 0 Å². The van der Waals surface area contributed by atoms with Crippen molar-refractivity contribution < 1.29 is 130 Å². The molecule has 0 aromatic heterocycles. The van der Waals surface area contributed by atoms with Crippen LogP contribution in [0.1, 0.15) is 120 Å². The summed E-state index contributed by atoms with van der Waals surface area (Å²) in [4.78, 5) is 13.8. The van der Waals surface area contributed by atoms with Gasteiger partial charge in [-0.15, -0.1) is 0 Å². The highest BCUT2D eigenvalue weighted by molar-refractivity contribution is 7.80. The van der Waals surface area contributed by atoms with E-state index in [1.807, 2.05) is 13.8 Å². The Kier molecular flexibility index (Phi) is 20.9. The number of hydrogen-bond donors (Lipinski definition) is 12. The Balaban J connectivity index is 0.985. The summed E-state index contributed by atoms with van der Waals surface area (Å²) in [7, 11) is -3.63. The van der Waals surface area contributed by atoms with Gasteiger partial charge >= 0.3 is 10.4 Å². The fourth-order valence-corrected chi connectivity index (χ4v) is 16.2. The Labute approximate surface area is 496 Å². The summed E-state index contributed by atoms with van der Waals surface area (Å²) in [6.45, 7) is 15.2. The molecule has 0 unspecified atom stereocenters. The second-order valence-corrected chi connectivity index (χ2v) is 27.7. The predicted octanol–water partition coefficient (Wildman–Crippen LogP) is -0.995. The lowest BCUT2D eigenvalue weighted by atomic mass is 9.47. The van der Waals surface area contributed by atoms with Gasteiger partial charge in [0.15, 0.2) is 37.2 Å². The van der Waals surface area contributed by atoms with E-state index < -0.39 is 199 Å². The van der Waals surface area contributed by atoms with Gasteiger partial charge in [0, 0.05) is 19.4 Å². The third-order valence-electron chi connectivity index (χ3n) is 20.8. The van der Waals surface area contributed by atoms with Gasteiger partial charge in [-0.1, -0.05) is 39.3 Å². The van der Waals surface area contributed by atoms with Crippen molar-refractivity contribution in [3.05, 3.63) is 11.6 Å². The van der Waals surface area contributed by atoms with Crippen LogP contribution in [0.2, 0.25) is 0 Å². The van der Waals surface area contributed by atoms with Gasteiger partial charge < -0.3 is 108 Å². The van der Waals surface area contributed by atoms with E-state index in [1.165, 1.54) is 34.8 Å². The molecule has 4 aliphatic carbocycles. The first-order chi connectivity index (χ1) is 39.7. The zero-order chi connectivity index (χ0) is 62.3. The number of hydrogen-bond acceptors (Lipinski definition) is 26. The molecule has 0 spiro atoms. The maximum atomic E-state index is 13.8. The molecule has 8 fully saturated rings. The molecule has 0 amide bonds. The van der Waals surface area contributed by atoms with E-state index in [1.54, 1.807) is 6.92 Å². The van der Waals surface area contributed by atoms with E-state index in [0.29, 0.717) is 38.5 Å². The lowest BCUT2D eigenvalue weighted by molar-refractivity contribution is -0.398. The van der Waals surface area contributed by atoms with Crippen molar-refractivity contribution in [2.24, 2.45) is 40.4 Å². The van der Waals surface area contributed by atoms with Crippen LogP contribution in [0.3, 0.4) is 0 Å². The van der Waals surface area contributed by atoms with Crippen molar-refractivity contribution in [3.8, 4) is 0 Å². The monoisotopic (exact) mass is 1240 g/mol. The molecule has 3 saturated carbocycles. The highest BCUT2D eigenvalue weighted by atomic mass is 32.3. The molecule has 0 aromatic rings. The van der Waals surface area contributed by atoms with Crippen LogP contribution in [0.5, 0.6) is 0 Å². The van der Waals surface area contributed by atoms with Crippen LogP contribution < -0.4 is 0 Å². The minimum absolute atomic E-state index is 0.0296. The van der Waals surface area contributed by atoms with Gasteiger partial charge in [0.05, 0.1) is 43.2 Å². The highest BCUT2D eigenvalue weighted by Crippen LogP contribution is 2.67. The van der Waals surface area contributed by atoms with Gasteiger partial charge in [-0.25, -0.2) is 4.18 Å². The predicted molar refractivity (Wildman–Crippen MR) is 289 cm³/mol. The summed E-state index contributed by atoms with van der Waals surface area (Å²) in [6, 6.07) is 0. The number of aliphatic hydroxyl groups excluding tert-OH is 10. The van der Waals surface area contributed by atoms with E-state index in [-0.39, 0.29) is 48.7 Å². The topological polar surface area (TPSA) is 405 Å². The third kappa shape index (κ3) is 13.3. The molecule has 5 heterocycles. The van der Waals surface area contributed by atoms with E-state index in [4.69, 9.17) is 56.3 Å². The molecule has 9 aliphatic rings. The van der Waals surface area contributed by atoms with Gasteiger partial charge in [-0.3, -0.25) is 9.35 Å². The normalized spacial score (nSPS) is 51.3. The van der Waals surface area contributed by atoms with Gasteiger partial charge in [0.25, 0.3) is 0 Å². The summed E-state index contributed by atoms with van der Waals surface area (Å²) < 4.78 is 107. The lowest BCUT2D eigenvalue weighted by Crippen LogP contribution is -2.67. The van der Waals surface area contributed by atoms with Crippen LogP contribution in [0, 0.1) is 40.4 Å². The number of allylic oxidation sites excluding steroid dienone is 2. The summed E-state index contributed by atoms with van der Waals surface area (Å²) in [5.41, 5.74) is -1.60. The zero-order valence-electron chi connectivity index (χ0n) is 49.9. The fourth-order valence-electron chi connectivity index (χ4n) is 15.7. The first kappa shape index (κ1) is 67.8. The van der Waals surface area contributed by atoms with Crippen LogP contribution in [-0.4, -0.2) is 254 Å². The average Bonchev–Trinajstić information content (AvgIpc) is 1.70. The number of carbonyl (C=O) groups is 1. The van der Waals surface area contributed by atoms with Crippen molar-refractivity contribution in [2.75, 3.05) is 13.7 Å². The number of ether oxygens (including phenoxy) is 11. The van der Waals surface area contributed by atoms with Crippen LogP contribution in [-0.2, 0) is 71.5 Å². The highest BCUT2D eigenvalue weighted by Gasteiger charge is 2.64. The number of aliphatic hydroxyl groups is 11. The lowest BCUT2D eigenvalue weighted by Gasteiger charge is -2.60. The minimum Gasteiger partial charge on any atom is -0.388 e.